The van der Waals surface area contributed by atoms with E-state index in [1.807, 2.05) is 7.05 Å². The van der Waals surface area contributed by atoms with Crippen molar-refractivity contribution in [1.29, 1.82) is 5.26 Å². The maximum Gasteiger partial charge on any atom is 0.0962 e. The van der Waals surface area contributed by atoms with Crippen LogP contribution < -0.4 is 5.32 Å². The Hall–Kier alpha value is -0.590. The minimum Gasteiger partial charge on any atom is -0.305 e. The Balaban J connectivity index is 1.80. The predicted molar refractivity (Wildman–Crippen MR) is 65.0 cm³/mol. The molecule has 3 unspecified atom stereocenters. The van der Waals surface area contributed by atoms with Gasteiger partial charge in [0.15, 0.2) is 0 Å². The highest BCUT2D eigenvalue weighted by Gasteiger charge is 2.35. The number of nitrogens with one attached hydrogen (secondary N) is 1. The first-order valence-corrected chi connectivity index (χ1v) is 6.66. The van der Waals surface area contributed by atoms with Gasteiger partial charge in [-0.15, -0.1) is 0 Å². The average Bonchev–Trinajstić information content (AvgIpc) is 2.74. The van der Waals surface area contributed by atoms with Gasteiger partial charge in [0.1, 0.15) is 0 Å². The molecule has 16 heavy (non-hydrogen) atoms. The zero-order chi connectivity index (χ0) is 11.4. The van der Waals surface area contributed by atoms with Gasteiger partial charge in [-0.25, -0.2) is 0 Å². The van der Waals surface area contributed by atoms with Crippen LogP contribution in [0.4, 0.5) is 0 Å². The van der Waals surface area contributed by atoms with Crippen LogP contribution in [0.1, 0.15) is 38.5 Å². The first kappa shape index (κ1) is 11.9. The third kappa shape index (κ3) is 2.56. The van der Waals surface area contributed by atoms with E-state index >= 15 is 0 Å². The Kier molecular flexibility index (Phi) is 4.20. The Morgan fingerprint density at radius 2 is 2.19 bits per heavy atom. The van der Waals surface area contributed by atoms with Gasteiger partial charge in [0.25, 0.3) is 0 Å². The van der Waals surface area contributed by atoms with E-state index < -0.39 is 0 Å². The average molecular weight is 221 g/mol. The van der Waals surface area contributed by atoms with E-state index in [2.05, 4.69) is 16.3 Å². The summed E-state index contributed by atoms with van der Waals surface area (Å²) in [6.45, 7) is 2.36. The Morgan fingerprint density at radius 1 is 1.38 bits per heavy atom. The molecule has 0 aromatic rings. The summed E-state index contributed by atoms with van der Waals surface area (Å²) in [5.74, 6) is 0.962. The molecule has 0 aromatic carbocycles. The lowest BCUT2D eigenvalue weighted by Gasteiger charge is -2.32. The van der Waals surface area contributed by atoms with Crippen LogP contribution >= 0.6 is 0 Å². The van der Waals surface area contributed by atoms with E-state index in [1.165, 1.54) is 38.6 Å². The maximum absolute atomic E-state index is 8.90. The van der Waals surface area contributed by atoms with Crippen molar-refractivity contribution in [2.24, 2.45) is 5.92 Å². The minimum absolute atomic E-state index is 0.0302. The first-order valence-electron chi connectivity index (χ1n) is 6.66. The number of nitrogens with zero attached hydrogens (tertiary/aromatic N) is 2. The van der Waals surface area contributed by atoms with Crippen LogP contribution in [0, 0.1) is 17.2 Å². The second-order valence-corrected chi connectivity index (χ2v) is 5.20. The largest absolute Gasteiger partial charge is 0.305 e. The van der Waals surface area contributed by atoms with Crippen LogP contribution in [0.2, 0.25) is 0 Å². The van der Waals surface area contributed by atoms with Gasteiger partial charge in [-0.3, -0.25) is 0 Å². The quantitative estimate of drug-likeness (QED) is 0.786. The molecular weight excluding hydrogens is 198 g/mol. The lowest BCUT2D eigenvalue weighted by atomic mass is 9.85. The van der Waals surface area contributed by atoms with E-state index in [4.69, 9.17) is 5.26 Å². The van der Waals surface area contributed by atoms with Gasteiger partial charge in [0, 0.05) is 12.6 Å². The fraction of sp³-hybridized carbons (Fsp3) is 0.923. The van der Waals surface area contributed by atoms with Gasteiger partial charge in [-0.2, -0.15) is 5.26 Å². The topological polar surface area (TPSA) is 39.1 Å². The molecule has 3 nitrogen and oxygen atoms in total. The predicted octanol–water partition coefficient (Wildman–Crippen LogP) is 1.75. The fourth-order valence-electron chi connectivity index (χ4n) is 3.35. The molecule has 2 fully saturated rings. The SMILES string of the molecule is CNC(C#N)CCN1CCC2CCCCC21. The van der Waals surface area contributed by atoms with Gasteiger partial charge < -0.3 is 10.2 Å². The summed E-state index contributed by atoms with van der Waals surface area (Å²) in [6.07, 6.45) is 8.03. The van der Waals surface area contributed by atoms with Crippen molar-refractivity contribution in [3.8, 4) is 6.07 Å². The zero-order valence-electron chi connectivity index (χ0n) is 10.3. The molecule has 0 aromatic heterocycles. The van der Waals surface area contributed by atoms with Gasteiger partial charge in [0.2, 0.25) is 0 Å². The maximum atomic E-state index is 8.90. The molecule has 90 valence electrons. The minimum atomic E-state index is 0.0302. The van der Waals surface area contributed by atoms with E-state index in [0.717, 1.165) is 24.9 Å². The van der Waals surface area contributed by atoms with Crippen molar-refractivity contribution in [2.45, 2.75) is 50.6 Å². The van der Waals surface area contributed by atoms with Gasteiger partial charge in [0.05, 0.1) is 12.1 Å². The van der Waals surface area contributed by atoms with Crippen molar-refractivity contribution in [1.82, 2.24) is 10.2 Å². The normalized spacial score (nSPS) is 32.0. The van der Waals surface area contributed by atoms with Crippen molar-refractivity contribution < 1.29 is 0 Å². The molecule has 1 saturated heterocycles. The van der Waals surface area contributed by atoms with Gasteiger partial charge in [-0.05, 0) is 45.2 Å². The van der Waals surface area contributed by atoms with E-state index in [-0.39, 0.29) is 6.04 Å². The number of likely N-dealkylation sites (tertiary alicyclic amines) is 1. The monoisotopic (exact) mass is 221 g/mol. The summed E-state index contributed by atoms with van der Waals surface area (Å²) in [5.41, 5.74) is 0. The molecular formula is C13H23N3. The summed E-state index contributed by atoms with van der Waals surface area (Å²) >= 11 is 0. The summed E-state index contributed by atoms with van der Waals surface area (Å²) in [7, 11) is 1.88. The summed E-state index contributed by atoms with van der Waals surface area (Å²) < 4.78 is 0. The highest BCUT2D eigenvalue weighted by Crippen LogP contribution is 2.36. The Labute approximate surface area is 98.8 Å². The summed E-state index contributed by atoms with van der Waals surface area (Å²) in [4.78, 5) is 2.63. The highest BCUT2D eigenvalue weighted by molar-refractivity contribution is 4.93. The smallest absolute Gasteiger partial charge is 0.0962 e. The molecule has 2 aliphatic rings. The summed E-state index contributed by atoms with van der Waals surface area (Å²) in [6, 6.07) is 3.18. The standard InChI is InChI=1S/C13H23N3/c1-15-12(10-14)7-9-16-8-6-11-4-2-3-5-13(11)16/h11-13,15H,2-9H2,1H3. The molecule has 0 amide bonds. The molecule has 1 heterocycles. The summed E-state index contributed by atoms with van der Waals surface area (Å²) in [5, 5.41) is 12.0. The van der Waals surface area contributed by atoms with Crippen LogP contribution in [-0.2, 0) is 0 Å². The Morgan fingerprint density at radius 3 is 2.94 bits per heavy atom. The number of nitriles is 1. The number of hydrogen-bond donors (Lipinski definition) is 1. The van der Waals surface area contributed by atoms with Gasteiger partial charge in [-0.1, -0.05) is 12.8 Å². The van der Waals surface area contributed by atoms with E-state index in [1.54, 1.807) is 0 Å². The second kappa shape index (κ2) is 5.65. The highest BCUT2D eigenvalue weighted by atomic mass is 15.2. The van der Waals surface area contributed by atoms with Gasteiger partial charge >= 0.3 is 0 Å². The second-order valence-electron chi connectivity index (χ2n) is 5.20. The molecule has 1 aliphatic carbocycles. The lowest BCUT2D eigenvalue weighted by molar-refractivity contribution is 0.178. The van der Waals surface area contributed by atoms with E-state index in [9.17, 15) is 0 Å². The van der Waals surface area contributed by atoms with Crippen molar-refractivity contribution in [3.05, 3.63) is 0 Å². The van der Waals surface area contributed by atoms with Crippen LogP contribution in [-0.4, -0.2) is 37.1 Å². The van der Waals surface area contributed by atoms with Crippen molar-refractivity contribution in [3.63, 3.8) is 0 Å². The number of rotatable bonds is 4. The van der Waals surface area contributed by atoms with Crippen LogP contribution in [0.25, 0.3) is 0 Å². The van der Waals surface area contributed by atoms with Crippen LogP contribution in [0.3, 0.4) is 0 Å². The molecule has 3 heteroatoms. The van der Waals surface area contributed by atoms with Crippen molar-refractivity contribution in [2.75, 3.05) is 20.1 Å². The Bertz CT molecular complexity index is 258. The number of fused-ring (bicyclic) bond motifs is 1. The third-order valence-corrected chi connectivity index (χ3v) is 4.33. The molecule has 2 rings (SSSR count). The zero-order valence-corrected chi connectivity index (χ0v) is 10.3. The molecule has 1 N–H and O–H groups in total. The fourth-order valence-corrected chi connectivity index (χ4v) is 3.35. The molecule has 3 atom stereocenters. The molecule has 0 spiro atoms. The third-order valence-electron chi connectivity index (χ3n) is 4.33. The lowest BCUT2D eigenvalue weighted by Crippen LogP contribution is -2.37. The van der Waals surface area contributed by atoms with E-state index in [0.29, 0.717) is 0 Å². The number of hydrogen-bond acceptors (Lipinski definition) is 3. The van der Waals surface area contributed by atoms with Crippen LogP contribution in [0.5, 0.6) is 0 Å². The van der Waals surface area contributed by atoms with Crippen LogP contribution in [0.15, 0.2) is 0 Å². The first-order chi connectivity index (χ1) is 7.85. The molecule has 1 saturated carbocycles. The molecule has 0 bridgehead atoms. The molecule has 1 aliphatic heterocycles. The van der Waals surface area contributed by atoms with Crippen molar-refractivity contribution >= 4 is 0 Å². The molecule has 0 radical (unpaired) electrons.